The van der Waals surface area contributed by atoms with Crippen LogP contribution in [0.1, 0.15) is 0 Å². The Hall–Kier alpha value is -0.906. The van der Waals surface area contributed by atoms with Gasteiger partial charge >= 0.3 is 0 Å². The summed E-state index contributed by atoms with van der Waals surface area (Å²) in [7, 11) is -3.25. The smallest absolute Gasteiger partial charge is 0.205 e. The molecule has 3 heteroatoms. The largest absolute Gasteiger partial charge is 0.452 e. The Morgan fingerprint density at radius 3 is 2.00 bits per heavy atom. The number of hydrogen-bond acceptors (Lipinski definition) is 1. The standard InChI is InChI=1S/C15H22OSi2/c1-17(2,3)16-18(4,5)15-11-10-13-8-6-7-9-14(13)12-15/h6-12H,1-5H3. The van der Waals surface area contributed by atoms with Crippen molar-refractivity contribution >= 4 is 32.6 Å². The predicted molar refractivity (Wildman–Crippen MR) is 85.5 cm³/mol. The molecule has 2 aromatic rings. The van der Waals surface area contributed by atoms with E-state index in [1.807, 2.05) is 0 Å². The molecular weight excluding hydrogens is 252 g/mol. The van der Waals surface area contributed by atoms with Gasteiger partial charge < -0.3 is 4.12 Å². The molecular formula is C15H22OSi2. The molecule has 2 aromatic carbocycles. The van der Waals surface area contributed by atoms with Gasteiger partial charge in [0.05, 0.1) is 0 Å². The van der Waals surface area contributed by atoms with Crippen molar-refractivity contribution in [2.24, 2.45) is 0 Å². The van der Waals surface area contributed by atoms with E-state index in [0.29, 0.717) is 0 Å². The maximum atomic E-state index is 6.44. The minimum Gasteiger partial charge on any atom is -0.452 e. The van der Waals surface area contributed by atoms with Crippen LogP contribution < -0.4 is 5.19 Å². The van der Waals surface area contributed by atoms with Gasteiger partial charge in [-0.25, -0.2) is 0 Å². The molecule has 0 aromatic heterocycles. The second-order valence-corrected chi connectivity index (χ2v) is 14.9. The molecule has 0 atom stereocenters. The second-order valence-electron chi connectivity index (χ2n) is 6.29. The lowest BCUT2D eigenvalue weighted by Crippen LogP contribution is -2.51. The van der Waals surface area contributed by atoms with E-state index in [-0.39, 0.29) is 0 Å². The van der Waals surface area contributed by atoms with Crippen LogP contribution in [-0.4, -0.2) is 16.6 Å². The van der Waals surface area contributed by atoms with Crippen LogP contribution in [0.15, 0.2) is 42.5 Å². The van der Waals surface area contributed by atoms with Gasteiger partial charge in [0.15, 0.2) is 8.32 Å². The molecule has 18 heavy (non-hydrogen) atoms. The summed E-state index contributed by atoms with van der Waals surface area (Å²) in [5.41, 5.74) is 0. The van der Waals surface area contributed by atoms with Crippen molar-refractivity contribution in [3.8, 4) is 0 Å². The average Bonchev–Trinajstić information content (AvgIpc) is 2.25. The molecule has 0 spiro atoms. The minimum atomic E-state index is -1.77. The van der Waals surface area contributed by atoms with Crippen LogP contribution in [0, 0.1) is 0 Å². The molecule has 0 saturated heterocycles. The minimum absolute atomic E-state index is 1.30. The third kappa shape index (κ3) is 3.10. The Morgan fingerprint density at radius 2 is 1.39 bits per heavy atom. The summed E-state index contributed by atoms with van der Waals surface area (Å²) >= 11 is 0. The lowest BCUT2D eigenvalue weighted by molar-refractivity contribution is 0.566. The van der Waals surface area contributed by atoms with Gasteiger partial charge in [-0.2, -0.15) is 0 Å². The lowest BCUT2D eigenvalue weighted by atomic mass is 10.1. The van der Waals surface area contributed by atoms with Crippen molar-refractivity contribution in [2.45, 2.75) is 32.7 Å². The summed E-state index contributed by atoms with van der Waals surface area (Å²) in [6.45, 7) is 11.4. The molecule has 0 N–H and O–H groups in total. The fourth-order valence-electron chi connectivity index (χ4n) is 2.39. The molecule has 0 radical (unpaired) electrons. The maximum absolute atomic E-state index is 6.44. The number of hydrogen-bond donors (Lipinski definition) is 0. The van der Waals surface area contributed by atoms with E-state index in [1.165, 1.54) is 16.0 Å². The number of rotatable bonds is 3. The van der Waals surface area contributed by atoms with Gasteiger partial charge in [-0.15, -0.1) is 0 Å². The number of benzene rings is 2. The van der Waals surface area contributed by atoms with E-state index >= 15 is 0 Å². The third-order valence-electron chi connectivity index (χ3n) is 3.01. The van der Waals surface area contributed by atoms with Gasteiger partial charge in [-0.1, -0.05) is 42.5 Å². The monoisotopic (exact) mass is 274 g/mol. The molecule has 0 saturated carbocycles. The van der Waals surface area contributed by atoms with Crippen LogP contribution in [0.3, 0.4) is 0 Å². The molecule has 0 aliphatic heterocycles. The highest BCUT2D eigenvalue weighted by molar-refractivity contribution is 6.92. The van der Waals surface area contributed by atoms with Crippen molar-refractivity contribution in [1.29, 1.82) is 0 Å². The van der Waals surface area contributed by atoms with Crippen molar-refractivity contribution in [2.75, 3.05) is 0 Å². The summed E-state index contributed by atoms with van der Waals surface area (Å²) in [4.78, 5) is 0. The van der Waals surface area contributed by atoms with E-state index in [9.17, 15) is 0 Å². The Morgan fingerprint density at radius 1 is 0.778 bits per heavy atom. The van der Waals surface area contributed by atoms with Crippen molar-refractivity contribution in [3.05, 3.63) is 42.5 Å². The Labute approximate surface area is 112 Å². The molecule has 0 aliphatic carbocycles. The van der Waals surface area contributed by atoms with Gasteiger partial charge in [-0.3, -0.25) is 0 Å². The lowest BCUT2D eigenvalue weighted by Gasteiger charge is -2.32. The number of fused-ring (bicyclic) bond motifs is 1. The van der Waals surface area contributed by atoms with E-state index in [4.69, 9.17) is 4.12 Å². The summed E-state index contributed by atoms with van der Waals surface area (Å²) in [6.07, 6.45) is 0. The summed E-state index contributed by atoms with van der Waals surface area (Å²) in [6, 6.07) is 15.3. The third-order valence-corrected chi connectivity index (χ3v) is 9.20. The molecule has 0 fully saturated rings. The highest BCUT2D eigenvalue weighted by Crippen LogP contribution is 2.17. The van der Waals surface area contributed by atoms with E-state index in [0.717, 1.165) is 0 Å². The van der Waals surface area contributed by atoms with E-state index < -0.39 is 16.6 Å². The van der Waals surface area contributed by atoms with Gasteiger partial charge in [-0.05, 0) is 48.7 Å². The van der Waals surface area contributed by atoms with Gasteiger partial charge in [0.25, 0.3) is 0 Å². The van der Waals surface area contributed by atoms with Crippen molar-refractivity contribution < 1.29 is 4.12 Å². The average molecular weight is 275 g/mol. The van der Waals surface area contributed by atoms with Gasteiger partial charge in [0.1, 0.15) is 0 Å². The van der Waals surface area contributed by atoms with Crippen LogP contribution in [0.4, 0.5) is 0 Å². The molecule has 0 unspecified atom stereocenters. The molecule has 0 heterocycles. The summed E-state index contributed by atoms with van der Waals surface area (Å²) in [5.74, 6) is 0. The fraction of sp³-hybridized carbons (Fsp3) is 0.333. The topological polar surface area (TPSA) is 9.23 Å². The molecule has 0 aliphatic rings. The first-order valence-electron chi connectivity index (χ1n) is 6.47. The van der Waals surface area contributed by atoms with Crippen molar-refractivity contribution in [1.82, 2.24) is 0 Å². The van der Waals surface area contributed by atoms with Gasteiger partial charge in [0, 0.05) is 0 Å². The quantitative estimate of drug-likeness (QED) is 0.766. The molecule has 2 rings (SSSR count). The fourth-order valence-corrected chi connectivity index (χ4v) is 9.97. The zero-order chi connectivity index (χ0) is 13.4. The zero-order valence-corrected chi connectivity index (χ0v) is 13.9. The van der Waals surface area contributed by atoms with E-state index in [1.54, 1.807) is 0 Å². The first kappa shape index (κ1) is 13.5. The summed E-state index contributed by atoms with van der Waals surface area (Å²) in [5, 5.41) is 4.01. The highest BCUT2D eigenvalue weighted by Gasteiger charge is 2.31. The maximum Gasteiger partial charge on any atom is 0.205 e. The van der Waals surface area contributed by atoms with E-state index in [2.05, 4.69) is 75.2 Å². The van der Waals surface area contributed by atoms with Crippen LogP contribution in [0.5, 0.6) is 0 Å². The van der Waals surface area contributed by atoms with Crippen LogP contribution in [0.2, 0.25) is 32.7 Å². The highest BCUT2D eigenvalue weighted by atomic mass is 28.4. The summed E-state index contributed by atoms with van der Waals surface area (Å²) < 4.78 is 6.44. The first-order valence-corrected chi connectivity index (χ1v) is 12.8. The molecule has 1 nitrogen and oxygen atoms in total. The van der Waals surface area contributed by atoms with Crippen molar-refractivity contribution in [3.63, 3.8) is 0 Å². The van der Waals surface area contributed by atoms with Crippen LogP contribution in [0.25, 0.3) is 10.8 Å². The van der Waals surface area contributed by atoms with Gasteiger partial charge in [0.2, 0.25) is 8.32 Å². The zero-order valence-electron chi connectivity index (χ0n) is 11.9. The Balaban J connectivity index is 2.41. The molecule has 96 valence electrons. The SMILES string of the molecule is C[Si](C)(C)O[Si](C)(C)c1ccc2ccccc2c1. The first-order chi connectivity index (χ1) is 8.28. The molecule has 0 amide bonds. The van der Waals surface area contributed by atoms with Crippen LogP contribution in [-0.2, 0) is 4.12 Å². The predicted octanol–water partition coefficient (Wildman–Crippen LogP) is 4.10. The van der Waals surface area contributed by atoms with Crippen LogP contribution >= 0.6 is 0 Å². The Kier molecular flexibility index (Phi) is 3.49. The molecule has 0 bridgehead atoms. The normalized spacial score (nSPS) is 12.9. The second kappa shape index (κ2) is 4.65. The Bertz CT molecular complexity index is 556.